The van der Waals surface area contributed by atoms with Crippen molar-refractivity contribution in [3.8, 4) is 0 Å². The molecular formula is C7H14N2O2S. The first-order valence-electron chi connectivity index (χ1n) is 3.59. The molecule has 1 amide bonds. The molecule has 0 aliphatic heterocycles. The van der Waals surface area contributed by atoms with Crippen LogP contribution in [0.2, 0.25) is 0 Å². The van der Waals surface area contributed by atoms with Crippen LogP contribution in [0.25, 0.3) is 0 Å². The Kier molecular flexibility index (Phi) is 5.57. The molecule has 0 rings (SSSR count). The molecule has 12 heavy (non-hydrogen) atoms. The SMILES string of the molecule is C=CC[C@H](N)C/[SH](=O)=N/C(C)=O. The standard InChI is InChI=1S/C7H14N2O2S/c1-3-4-7(8)5-12(11)9-6(2)10/h3,7,12H,1,4-5,8H2,2H3/t7-/m0/s1. The molecule has 2 N–H and O–H groups in total. The second-order valence-corrected chi connectivity index (χ2v) is 3.71. The van der Waals surface area contributed by atoms with Crippen molar-refractivity contribution in [2.24, 2.45) is 10.1 Å². The topological polar surface area (TPSA) is 72.5 Å². The fraction of sp³-hybridized carbons (Fsp3) is 0.571. The second kappa shape index (κ2) is 5.91. The number of nitrogens with zero attached hydrogens (tertiary/aromatic N) is 1. The number of carbonyl (C=O) groups excluding carboxylic acids is 1. The van der Waals surface area contributed by atoms with E-state index in [1.807, 2.05) is 0 Å². The van der Waals surface area contributed by atoms with Crippen LogP contribution in [0.1, 0.15) is 13.3 Å². The smallest absolute Gasteiger partial charge is 0.250 e. The quantitative estimate of drug-likeness (QED) is 0.488. The van der Waals surface area contributed by atoms with E-state index in [4.69, 9.17) is 5.73 Å². The molecule has 0 heterocycles. The fourth-order valence-electron chi connectivity index (χ4n) is 0.687. The van der Waals surface area contributed by atoms with Crippen LogP contribution in [-0.2, 0) is 15.4 Å². The van der Waals surface area contributed by atoms with Crippen molar-refractivity contribution in [3.05, 3.63) is 12.7 Å². The Hall–Kier alpha value is -0.680. The highest BCUT2D eigenvalue weighted by Gasteiger charge is 1.99. The lowest BCUT2D eigenvalue weighted by molar-refractivity contribution is -0.115. The van der Waals surface area contributed by atoms with Gasteiger partial charge in [-0.05, 0) is 6.42 Å². The van der Waals surface area contributed by atoms with Gasteiger partial charge < -0.3 is 5.73 Å². The van der Waals surface area contributed by atoms with E-state index >= 15 is 0 Å². The predicted molar refractivity (Wildman–Crippen MR) is 50.3 cm³/mol. The summed E-state index contributed by atoms with van der Waals surface area (Å²) in [5.41, 5.74) is 5.53. The van der Waals surface area contributed by atoms with Crippen molar-refractivity contribution in [1.29, 1.82) is 0 Å². The van der Waals surface area contributed by atoms with Gasteiger partial charge in [-0.25, -0.2) is 0 Å². The van der Waals surface area contributed by atoms with Crippen LogP contribution in [-0.4, -0.2) is 21.9 Å². The first-order chi connectivity index (χ1) is 5.56. The summed E-state index contributed by atoms with van der Waals surface area (Å²) in [4.78, 5) is 10.4. The van der Waals surface area contributed by atoms with Gasteiger partial charge in [-0.3, -0.25) is 9.00 Å². The van der Waals surface area contributed by atoms with Crippen LogP contribution in [0.15, 0.2) is 17.0 Å². The number of rotatable bonds is 4. The Morgan fingerprint density at radius 3 is 2.83 bits per heavy atom. The summed E-state index contributed by atoms with van der Waals surface area (Å²) in [6, 6.07) is -0.214. The van der Waals surface area contributed by atoms with Gasteiger partial charge in [0.15, 0.2) is 0 Å². The third-order valence-corrected chi connectivity index (χ3v) is 2.40. The van der Waals surface area contributed by atoms with Crippen LogP contribution < -0.4 is 5.73 Å². The lowest BCUT2D eigenvalue weighted by Gasteiger charge is -2.02. The molecule has 0 radical (unpaired) electrons. The first-order valence-corrected chi connectivity index (χ1v) is 4.99. The van der Waals surface area contributed by atoms with Gasteiger partial charge in [-0.2, -0.15) is 4.36 Å². The van der Waals surface area contributed by atoms with Gasteiger partial charge >= 0.3 is 0 Å². The normalized spacial score (nSPS) is 15.5. The van der Waals surface area contributed by atoms with E-state index < -0.39 is 16.5 Å². The zero-order valence-corrected chi connectivity index (χ0v) is 7.96. The van der Waals surface area contributed by atoms with Gasteiger partial charge in [-0.1, -0.05) is 6.08 Å². The number of amides is 1. The third kappa shape index (κ3) is 6.06. The highest BCUT2D eigenvalue weighted by molar-refractivity contribution is 7.75. The lowest BCUT2D eigenvalue weighted by Crippen LogP contribution is -2.24. The Morgan fingerprint density at radius 2 is 2.42 bits per heavy atom. The van der Waals surface area contributed by atoms with E-state index in [1.54, 1.807) is 6.08 Å². The summed E-state index contributed by atoms with van der Waals surface area (Å²) in [7, 11) is -1.82. The molecule has 0 fully saturated rings. The summed E-state index contributed by atoms with van der Waals surface area (Å²) >= 11 is 0. The van der Waals surface area contributed by atoms with Gasteiger partial charge in [0.1, 0.15) is 0 Å². The summed E-state index contributed by atoms with van der Waals surface area (Å²) in [6.07, 6.45) is 2.25. The molecule has 0 saturated carbocycles. The van der Waals surface area contributed by atoms with Crippen molar-refractivity contribution in [1.82, 2.24) is 0 Å². The molecule has 0 aromatic heterocycles. The van der Waals surface area contributed by atoms with Crippen LogP contribution in [0.4, 0.5) is 0 Å². The fourth-order valence-corrected chi connectivity index (χ4v) is 1.63. The zero-order valence-electron chi connectivity index (χ0n) is 7.06. The van der Waals surface area contributed by atoms with Crippen molar-refractivity contribution in [3.63, 3.8) is 0 Å². The maximum Gasteiger partial charge on any atom is 0.250 e. The molecule has 4 nitrogen and oxygen atoms in total. The third-order valence-electron chi connectivity index (χ3n) is 1.11. The van der Waals surface area contributed by atoms with Crippen LogP contribution in [0.5, 0.6) is 0 Å². The summed E-state index contributed by atoms with van der Waals surface area (Å²) in [6.45, 7) is 4.77. The van der Waals surface area contributed by atoms with Crippen molar-refractivity contribution < 1.29 is 9.00 Å². The molecule has 0 bridgehead atoms. The van der Waals surface area contributed by atoms with Gasteiger partial charge in [-0.15, -0.1) is 6.58 Å². The minimum atomic E-state index is -1.82. The van der Waals surface area contributed by atoms with E-state index in [-0.39, 0.29) is 11.8 Å². The highest BCUT2D eigenvalue weighted by Crippen LogP contribution is 1.90. The van der Waals surface area contributed by atoms with E-state index in [1.165, 1.54) is 6.92 Å². The average Bonchev–Trinajstić information content (AvgIpc) is 1.84. The van der Waals surface area contributed by atoms with Crippen LogP contribution >= 0.6 is 0 Å². The summed E-state index contributed by atoms with van der Waals surface area (Å²) in [5.74, 6) is -0.164. The molecule has 2 atom stereocenters. The van der Waals surface area contributed by atoms with Crippen LogP contribution in [0.3, 0.4) is 0 Å². The predicted octanol–water partition coefficient (Wildman–Crippen LogP) is 0.101. The molecule has 0 aromatic carbocycles. The molecular weight excluding hydrogens is 176 g/mol. The Bertz CT molecular complexity index is 244. The monoisotopic (exact) mass is 190 g/mol. The zero-order chi connectivity index (χ0) is 9.56. The van der Waals surface area contributed by atoms with E-state index in [0.717, 1.165) is 0 Å². The Labute approximate surface area is 74.1 Å². The maximum atomic E-state index is 11.0. The number of hydrogen-bond acceptors (Lipinski definition) is 3. The van der Waals surface area contributed by atoms with Gasteiger partial charge in [0, 0.05) is 29.3 Å². The van der Waals surface area contributed by atoms with E-state index in [2.05, 4.69) is 10.9 Å². The summed E-state index contributed by atoms with van der Waals surface area (Å²) < 4.78 is 14.3. The summed E-state index contributed by atoms with van der Waals surface area (Å²) in [5, 5.41) is 0. The molecule has 1 unspecified atom stereocenters. The number of thiol groups is 1. The van der Waals surface area contributed by atoms with Gasteiger partial charge in [0.2, 0.25) is 5.91 Å². The first kappa shape index (κ1) is 11.3. The lowest BCUT2D eigenvalue weighted by atomic mass is 10.2. The molecule has 0 spiro atoms. The molecule has 5 heteroatoms. The Balaban J connectivity index is 4.00. The molecule has 0 aliphatic carbocycles. The minimum Gasteiger partial charge on any atom is -0.327 e. The van der Waals surface area contributed by atoms with Crippen molar-refractivity contribution in [2.75, 3.05) is 5.75 Å². The largest absolute Gasteiger partial charge is 0.327 e. The molecule has 70 valence electrons. The molecule has 0 aromatic rings. The average molecular weight is 190 g/mol. The molecule has 0 saturated heterocycles. The van der Waals surface area contributed by atoms with Crippen molar-refractivity contribution in [2.45, 2.75) is 19.4 Å². The maximum absolute atomic E-state index is 11.0. The number of hydrogen-bond donors (Lipinski definition) is 2. The second-order valence-electron chi connectivity index (χ2n) is 2.44. The van der Waals surface area contributed by atoms with Gasteiger partial charge in [0.25, 0.3) is 0 Å². The number of nitrogens with two attached hydrogens (primary N) is 1. The molecule has 0 aliphatic rings. The Morgan fingerprint density at radius 1 is 1.83 bits per heavy atom. The van der Waals surface area contributed by atoms with Crippen molar-refractivity contribution >= 4 is 16.5 Å². The van der Waals surface area contributed by atoms with E-state index in [9.17, 15) is 9.00 Å². The minimum absolute atomic E-state index is 0.214. The van der Waals surface area contributed by atoms with Gasteiger partial charge in [0.05, 0.1) is 0 Å². The number of carbonyl (C=O) groups is 1. The van der Waals surface area contributed by atoms with E-state index in [0.29, 0.717) is 6.42 Å². The highest BCUT2D eigenvalue weighted by atomic mass is 32.2. The van der Waals surface area contributed by atoms with Crippen LogP contribution in [0, 0.1) is 0 Å².